The topological polar surface area (TPSA) is 73.3 Å². The van der Waals surface area contributed by atoms with Gasteiger partial charge in [0.05, 0.1) is 13.2 Å². The molecule has 1 N–H and O–H groups in total. The molecule has 1 fully saturated rings. The number of nitrogens with zero attached hydrogens (tertiary/aromatic N) is 2. The van der Waals surface area contributed by atoms with Gasteiger partial charge in [0.2, 0.25) is 0 Å². The van der Waals surface area contributed by atoms with Gasteiger partial charge >= 0.3 is 12.3 Å². The molecule has 0 aliphatic carbocycles. The van der Waals surface area contributed by atoms with Crippen molar-refractivity contribution >= 4 is 17.6 Å². The number of alkyl halides is 3. The van der Waals surface area contributed by atoms with Crippen LogP contribution in [0.25, 0.3) is 0 Å². The number of esters is 1. The van der Waals surface area contributed by atoms with Crippen molar-refractivity contribution in [3.8, 4) is 0 Å². The highest BCUT2D eigenvalue weighted by Crippen LogP contribution is 2.19. The summed E-state index contributed by atoms with van der Waals surface area (Å²) < 4.78 is 41.8. The summed E-state index contributed by atoms with van der Waals surface area (Å²) in [5.41, 5.74) is 0.160. The standard InChI is InChI=1S/C6H5ClN2O2.C4H6F3NO/c1-11-6(10)4-2-5(7)9-3-8-4;5-4(6,7)9-3-1-8-2-3/h2-3H,1H3;3,8H,1-2H2. The summed E-state index contributed by atoms with van der Waals surface area (Å²) in [6.45, 7) is 0.610. The van der Waals surface area contributed by atoms with Crippen molar-refractivity contribution in [2.75, 3.05) is 20.2 Å². The van der Waals surface area contributed by atoms with Crippen molar-refractivity contribution < 1.29 is 27.4 Å². The first-order valence-electron chi connectivity index (χ1n) is 5.33. The number of ether oxygens (including phenoxy) is 2. The Hall–Kier alpha value is -1.45. The number of halogens is 4. The van der Waals surface area contributed by atoms with Crippen LogP contribution in [-0.2, 0) is 9.47 Å². The number of carbonyl (C=O) groups excluding carboxylic acids is 1. The molecule has 1 aromatic rings. The summed E-state index contributed by atoms with van der Waals surface area (Å²) in [6, 6.07) is 1.34. The Morgan fingerprint density at radius 2 is 2.10 bits per heavy atom. The summed E-state index contributed by atoms with van der Waals surface area (Å²) in [7, 11) is 1.28. The van der Waals surface area contributed by atoms with Crippen molar-refractivity contribution in [1.29, 1.82) is 0 Å². The third kappa shape index (κ3) is 6.13. The average Bonchev–Trinajstić information content (AvgIpc) is 2.33. The number of rotatable bonds is 2. The zero-order valence-electron chi connectivity index (χ0n) is 10.3. The highest BCUT2D eigenvalue weighted by atomic mass is 35.5. The normalized spacial score (nSPS) is 14.8. The van der Waals surface area contributed by atoms with Crippen LogP contribution in [-0.4, -0.2) is 48.6 Å². The largest absolute Gasteiger partial charge is 0.522 e. The van der Waals surface area contributed by atoms with Crippen molar-refractivity contribution in [3.05, 3.63) is 23.2 Å². The van der Waals surface area contributed by atoms with Gasteiger partial charge in [0.1, 0.15) is 11.5 Å². The van der Waals surface area contributed by atoms with E-state index in [0.29, 0.717) is 13.1 Å². The maximum Gasteiger partial charge on any atom is 0.522 e. The van der Waals surface area contributed by atoms with Crippen molar-refractivity contribution in [1.82, 2.24) is 15.3 Å². The molecule has 0 bridgehead atoms. The van der Waals surface area contributed by atoms with Gasteiger partial charge in [-0.15, -0.1) is 13.2 Å². The van der Waals surface area contributed by atoms with Crippen molar-refractivity contribution in [3.63, 3.8) is 0 Å². The number of hydrogen-bond acceptors (Lipinski definition) is 6. The number of nitrogens with one attached hydrogen (secondary N) is 1. The Labute approximate surface area is 117 Å². The first kappa shape index (κ1) is 16.6. The number of methoxy groups -OCH3 is 1. The molecule has 1 aliphatic rings. The van der Waals surface area contributed by atoms with E-state index >= 15 is 0 Å². The molecule has 0 atom stereocenters. The van der Waals surface area contributed by atoms with Crippen LogP contribution in [0.2, 0.25) is 5.15 Å². The fraction of sp³-hybridized carbons (Fsp3) is 0.500. The maximum atomic E-state index is 11.3. The molecule has 6 nitrogen and oxygen atoms in total. The van der Waals surface area contributed by atoms with Gasteiger partial charge in [-0.05, 0) is 0 Å². The quantitative estimate of drug-likeness (QED) is 0.657. The molecule has 10 heteroatoms. The molecule has 0 amide bonds. The summed E-state index contributed by atoms with van der Waals surface area (Å²) in [5, 5.41) is 2.88. The molecule has 1 aliphatic heterocycles. The minimum absolute atomic E-state index is 0.160. The number of hydrogen-bond donors (Lipinski definition) is 1. The fourth-order valence-electron chi connectivity index (χ4n) is 1.08. The highest BCUT2D eigenvalue weighted by molar-refractivity contribution is 6.29. The van der Waals surface area contributed by atoms with E-state index in [-0.39, 0.29) is 10.8 Å². The van der Waals surface area contributed by atoms with Crippen LogP contribution in [0.5, 0.6) is 0 Å². The van der Waals surface area contributed by atoms with Crippen LogP contribution in [0, 0.1) is 0 Å². The molecule has 0 radical (unpaired) electrons. The van der Waals surface area contributed by atoms with E-state index in [2.05, 4.69) is 24.8 Å². The molecule has 20 heavy (non-hydrogen) atoms. The second kappa shape index (κ2) is 7.36. The molecule has 2 rings (SSSR count). The maximum absolute atomic E-state index is 11.3. The van der Waals surface area contributed by atoms with Gasteiger partial charge in [-0.1, -0.05) is 11.6 Å². The zero-order chi connectivity index (χ0) is 15.2. The Kier molecular flexibility index (Phi) is 6.11. The third-order valence-corrected chi connectivity index (χ3v) is 2.28. The van der Waals surface area contributed by atoms with E-state index in [0.717, 1.165) is 0 Å². The predicted molar refractivity (Wildman–Crippen MR) is 62.2 cm³/mol. The number of carbonyl (C=O) groups is 1. The summed E-state index contributed by atoms with van der Waals surface area (Å²) in [6.07, 6.45) is -3.92. The van der Waals surface area contributed by atoms with E-state index in [1.54, 1.807) is 0 Å². The minimum Gasteiger partial charge on any atom is -0.464 e. The Bertz CT molecular complexity index is 455. The lowest BCUT2D eigenvalue weighted by Gasteiger charge is -2.27. The van der Waals surface area contributed by atoms with E-state index in [1.165, 1.54) is 19.5 Å². The first-order chi connectivity index (χ1) is 9.31. The smallest absolute Gasteiger partial charge is 0.464 e. The van der Waals surface area contributed by atoms with Gasteiger partial charge in [-0.25, -0.2) is 14.8 Å². The second-order valence-electron chi connectivity index (χ2n) is 3.56. The van der Waals surface area contributed by atoms with Crippen LogP contribution >= 0.6 is 11.6 Å². The predicted octanol–water partition coefficient (Wildman–Crippen LogP) is 1.41. The van der Waals surface area contributed by atoms with E-state index in [1.807, 2.05) is 0 Å². The first-order valence-corrected chi connectivity index (χ1v) is 5.70. The lowest BCUT2D eigenvalue weighted by molar-refractivity contribution is -0.346. The molecular weight excluding hydrogens is 303 g/mol. The number of aromatic nitrogens is 2. The van der Waals surface area contributed by atoms with E-state index < -0.39 is 18.4 Å². The summed E-state index contributed by atoms with van der Waals surface area (Å²) in [5.74, 6) is -0.519. The summed E-state index contributed by atoms with van der Waals surface area (Å²) in [4.78, 5) is 18.0. The van der Waals surface area contributed by atoms with Gasteiger partial charge in [-0.3, -0.25) is 4.74 Å². The average molecular weight is 314 g/mol. The third-order valence-electron chi connectivity index (χ3n) is 2.07. The van der Waals surface area contributed by atoms with Gasteiger partial charge in [-0.2, -0.15) is 0 Å². The molecule has 1 saturated heterocycles. The van der Waals surface area contributed by atoms with Gasteiger partial charge < -0.3 is 10.1 Å². The Morgan fingerprint density at radius 1 is 1.45 bits per heavy atom. The van der Waals surface area contributed by atoms with Crippen molar-refractivity contribution in [2.24, 2.45) is 0 Å². The van der Waals surface area contributed by atoms with Crippen LogP contribution in [0.1, 0.15) is 10.5 Å². The van der Waals surface area contributed by atoms with E-state index in [9.17, 15) is 18.0 Å². The monoisotopic (exact) mass is 313 g/mol. The lowest BCUT2D eigenvalue weighted by Crippen LogP contribution is -2.50. The van der Waals surface area contributed by atoms with Crippen molar-refractivity contribution in [2.45, 2.75) is 12.5 Å². The SMILES string of the molecule is COC(=O)c1cc(Cl)ncn1.FC(F)(F)OC1CNC1. The molecule has 0 unspecified atom stereocenters. The molecule has 112 valence electrons. The summed E-state index contributed by atoms with van der Waals surface area (Å²) >= 11 is 5.49. The van der Waals surface area contributed by atoms with Gasteiger partial charge in [0, 0.05) is 19.2 Å². The molecule has 0 spiro atoms. The zero-order valence-corrected chi connectivity index (χ0v) is 11.0. The molecular formula is C10H11ClF3N3O3. The van der Waals surface area contributed by atoms with Crippen LogP contribution in [0.3, 0.4) is 0 Å². The van der Waals surface area contributed by atoms with E-state index in [4.69, 9.17) is 11.6 Å². The van der Waals surface area contributed by atoms with Gasteiger partial charge in [0.25, 0.3) is 0 Å². The Morgan fingerprint density at radius 3 is 2.45 bits per heavy atom. The van der Waals surface area contributed by atoms with Crippen LogP contribution in [0.4, 0.5) is 13.2 Å². The fourth-order valence-corrected chi connectivity index (χ4v) is 1.23. The molecule has 0 aromatic carbocycles. The van der Waals surface area contributed by atoms with Gasteiger partial charge in [0.15, 0.2) is 5.69 Å². The lowest BCUT2D eigenvalue weighted by atomic mass is 10.2. The minimum atomic E-state index is -4.47. The van der Waals surface area contributed by atoms with Crippen LogP contribution < -0.4 is 5.32 Å². The highest BCUT2D eigenvalue weighted by Gasteiger charge is 2.35. The molecule has 1 aromatic heterocycles. The Balaban J connectivity index is 0.000000204. The second-order valence-corrected chi connectivity index (χ2v) is 3.95. The molecule has 2 heterocycles. The molecule has 0 saturated carbocycles. The van der Waals surface area contributed by atoms with Crippen LogP contribution in [0.15, 0.2) is 12.4 Å².